The Balaban J connectivity index is 2.90. The van der Waals surface area contributed by atoms with Crippen LogP contribution in [0.5, 0.6) is 0 Å². The van der Waals surface area contributed by atoms with E-state index in [1.165, 1.54) is 0 Å². The van der Waals surface area contributed by atoms with E-state index in [1.807, 2.05) is 18.2 Å². The minimum Gasteiger partial charge on any atom is -0.413 e. The van der Waals surface area contributed by atoms with Crippen LogP contribution >= 0.6 is 0 Å². The zero-order valence-electron chi connectivity index (χ0n) is 14.2. The molecular formula is C15H25NO5SSi. The molecule has 0 aliphatic rings. The van der Waals surface area contributed by atoms with E-state index >= 15 is 0 Å². The fourth-order valence-corrected chi connectivity index (χ4v) is 3.40. The maximum atomic E-state index is 11.7. The molecule has 0 bridgehead atoms. The van der Waals surface area contributed by atoms with Crippen molar-refractivity contribution in [3.63, 3.8) is 0 Å². The van der Waals surface area contributed by atoms with Crippen molar-refractivity contribution in [1.29, 1.82) is 0 Å². The maximum Gasteiger partial charge on any atom is 0.324 e. The lowest BCUT2D eigenvalue weighted by molar-refractivity contribution is -0.135. The van der Waals surface area contributed by atoms with Crippen LogP contribution in [0.25, 0.3) is 0 Å². The summed E-state index contributed by atoms with van der Waals surface area (Å²) < 4.78 is 31.6. The number of carbonyl (C=O) groups is 1. The number of rotatable bonds is 7. The molecule has 1 atom stereocenters. The topological polar surface area (TPSA) is 82.6 Å². The van der Waals surface area contributed by atoms with Gasteiger partial charge in [0.1, 0.15) is 0 Å². The molecule has 8 heteroatoms. The first-order valence-electron chi connectivity index (χ1n) is 7.44. The van der Waals surface area contributed by atoms with Gasteiger partial charge in [-0.25, -0.2) is 0 Å². The van der Waals surface area contributed by atoms with Gasteiger partial charge < -0.3 is 8.61 Å². The van der Waals surface area contributed by atoms with Gasteiger partial charge in [0.15, 0.2) is 8.32 Å². The van der Waals surface area contributed by atoms with Gasteiger partial charge in [-0.1, -0.05) is 26.8 Å². The van der Waals surface area contributed by atoms with Gasteiger partial charge in [0.2, 0.25) is 0 Å². The first-order chi connectivity index (χ1) is 10.5. The van der Waals surface area contributed by atoms with Crippen molar-refractivity contribution in [2.75, 3.05) is 0 Å². The summed E-state index contributed by atoms with van der Waals surface area (Å²) in [6.07, 6.45) is 1.52. The highest BCUT2D eigenvalue weighted by molar-refractivity contribution is 7.67. The number of hydrogen-bond donors (Lipinski definition) is 1. The van der Waals surface area contributed by atoms with Gasteiger partial charge in [-0.05, 0) is 30.3 Å². The van der Waals surface area contributed by atoms with Crippen LogP contribution in [0.1, 0.15) is 32.9 Å². The van der Waals surface area contributed by atoms with E-state index < -0.39 is 31.4 Å². The largest absolute Gasteiger partial charge is 0.413 e. The van der Waals surface area contributed by atoms with Gasteiger partial charge in [0, 0.05) is 18.3 Å². The quantitative estimate of drug-likeness (QED) is 0.595. The van der Waals surface area contributed by atoms with Crippen molar-refractivity contribution in [1.82, 2.24) is 4.98 Å². The highest BCUT2D eigenvalue weighted by Crippen LogP contribution is 2.38. The lowest BCUT2D eigenvalue weighted by atomic mass is 10.1. The van der Waals surface area contributed by atoms with Crippen molar-refractivity contribution >= 4 is 25.3 Å². The minimum absolute atomic E-state index is 0.0248. The van der Waals surface area contributed by atoms with Crippen molar-refractivity contribution in [2.45, 2.75) is 57.8 Å². The van der Waals surface area contributed by atoms with Gasteiger partial charge >= 0.3 is 17.0 Å². The van der Waals surface area contributed by atoms with E-state index in [1.54, 1.807) is 6.20 Å². The van der Waals surface area contributed by atoms with Crippen LogP contribution in [0, 0.1) is 0 Å². The monoisotopic (exact) mass is 359 g/mol. The molecule has 1 heterocycles. The second-order valence-corrected chi connectivity index (χ2v) is 12.3. The van der Waals surface area contributed by atoms with E-state index in [0.29, 0.717) is 6.42 Å². The molecule has 1 aromatic rings. The molecular weight excluding hydrogens is 334 g/mol. The smallest absolute Gasteiger partial charge is 0.324 e. The highest BCUT2D eigenvalue weighted by Gasteiger charge is 2.39. The van der Waals surface area contributed by atoms with E-state index in [4.69, 9.17) is 4.43 Å². The van der Waals surface area contributed by atoms with Crippen LogP contribution in [0.3, 0.4) is 0 Å². The summed E-state index contributed by atoms with van der Waals surface area (Å²) in [5.74, 6) is -0.805. The Kier molecular flexibility index (Phi) is 6.91. The second kappa shape index (κ2) is 8.03. The average Bonchev–Trinajstić information content (AvgIpc) is 2.36. The zero-order chi connectivity index (χ0) is 17.7. The molecule has 0 aliphatic heterocycles. The summed E-state index contributed by atoms with van der Waals surface area (Å²) in [5.41, 5.74) is 0.788. The molecule has 0 N–H and O–H groups in total. The number of pyridine rings is 1. The molecule has 0 radical (unpaired) electrons. The van der Waals surface area contributed by atoms with Crippen LogP contribution < -0.4 is 0 Å². The molecule has 0 aromatic carbocycles. The lowest BCUT2D eigenvalue weighted by Gasteiger charge is -2.39. The summed E-state index contributed by atoms with van der Waals surface area (Å²) in [5, 5.41) is -0.0248. The Morgan fingerprint density at radius 3 is 2.43 bits per heavy atom. The molecule has 1 rings (SSSR count). The van der Waals surface area contributed by atoms with Crippen LogP contribution in [0.15, 0.2) is 24.4 Å². The third kappa shape index (κ3) is 6.80. The second-order valence-electron chi connectivity index (χ2n) is 6.92. The van der Waals surface area contributed by atoms with Crippen molar-refractivity contribution in [3.8, 4) is 0 Å². The molecule has 1 aromatic heterocycles. The van der Waals surface area contributed by atoms with Crippen LogP contribution in [-0.2, 0) is 30.8 Å². The van der Waals surface area contributed by atoms with Crippen molar-refractivity contribution < 1.29 is 21.8 Å². The summed E-state index contributed by atoms with van der Waals surface area (Å²) in [6.45, 7) is 10.5. The molecule has 0 amide bonds. The molecule has 0 saturated carbocycles. The van der Waals surface area contributed by atoms with E-state index in [0.717, 1.165) is 5.69 Å². The molecule has 0 unspecified atom stereocenters. The third-order valence-electron chi connectivity index (χ3n) is 4.00. The Labute approximate surface area is 140 Å². The standard InChI is InChI=1S/C15H25NO5SSi/c1-15(2,3)23(4,5)21-13(11-14(17)20-22(18)19)10-12-8-6-7-9-16-12/h6-9,13,22H,10-11H2,1-5H3/t13-/m1/s1. The Morgan fingerprint density at radius 1 is 1.30 bits per heavy atom. The number of hydrogen-bond acceptors (Lipinski definition) is 6. The Hall–Kier alpha value is -1.25. The van der Waals surface area contributed by atoms with E-state index in [2.05, 4.69) is 43.0 Å². The van der Waals surface area contributed by atoms with E-state index in [-0.39, 0.29) is 11.5 Å². The zero-order valence-corrected chi connectivity index (χ0v) is 16.1. The fraction of sp³-hybridized carbons (Fsp3) is 0.600. The lowest BCUT2D eigenvalue weighted by Crippen LogP contribution is -2.45. The normalized spacial score (nSPS) is 13.8. The Bertz CT molecular complexity index is 588. The van der Waals surface area contributed by atoms with Gasteiger partial charge in [-0.15, -0.1) is 0 Å². The summed E-state index contributed by atoms with van der Waals surface area (Å²) in [4.78, 5) is 15.9. The number of carbonyl (C=O) groups excluding carboxylic acids is 1. The molecule has 23 heavy (non-hydrogen) atoms. The first-order valence-corrected chi connectivity index (χ1v) is 11.4. The van der Waals surface area contributed by atoms with Gasteiger partial charge in [0.25, 0.3) is 0 Å². The van der Waals surface area contributed by atoms with Crippen LogP contribution in [0.2, 0.25) is 18.1 Å². The van der Waals surface area contributed by atoms with Gasteiger partial charge in [-0.2, -0.15) is 8.42 Å². The van der Waals surface area contributed by atoms with Gasteiger partial charge in [0.05, 0.1) is 12.5 Å². The average molecular weight is 360 g/mol. The molecule has 0 spiro atoms. The SMILES string of the molecule is CC(C)(C)[Si](C)(C)O[C@@H](CC(=O)O[SH](=O)=O)Cc1ccccn1. The highest BCUT2D eigenvalue weighted by atomic mass is 32.2. The van der Waals surface area contributed by atoms with Crippen LogP contribution in [0.4, 0.5) is 0 Å². The molecule has 0 saturated heterocycles. The Morgan fingerprint density at radius 2 is 1.96 bits per heavy atom. The predicted molar refractivity (Wildman–Crippen MR) is 91.0 cm³/mol. The summed E-state index contributed by atoms with van der Waals surface area (Å²) in [7, 11) is -5.31. The van der Waals surface area contributed by atoms with Gasteiger partial charge in [-0.3, -0.25) is 9.78 Å². The summed E-state index contributed by atoms with van der Waals surface area (Å²) >= 11 is 0. The molecule has 0 fully saturated rings. The molecule has 6 nitrogen and oxygen atoms in total. The summed E-state index contributed by atoms with van der Waals surface area (Å²) in [6, 6.07) is 5.52. The van der Waals surface area contributed by atoms with Crippen molar-refractivity contribution in [2.24, 2.45) is 0 Å². The van der Waals surface area contributed by atoms with E-state index in [9.17, 15) is 13.2 Å². The minimum atomic E-state index is -3.19. The fourth-order valence-electron chi connectivity index (χ4n) is 1.81. The maximum absolute atomic E-state index is 11.7. The number of thiol groups is 1. The predicted octanol–water partition coefficient (Wildman–Crippen LogP) is 2.47. The molecule has 0 aliphatic carbocycles. The third-order valence-corrected chi connectivity index (χ3v) is 8.89. The first kappa shape index (κ1) is 19.8. The number of nitrogens with zero attached hydrogens (tertiary/aromatic N) is 1. The molecule has 130 valence electrons. The number of aromatic nitrogens is 1. The van der Waals surface area contributed by atoms with Crippen LogP contribution in [-0.4, -0.2) is 33.8 Å². The van der Waals surface area contributed by atoms with Crippen molar-refractivity contribution in [3.05, 3.63) is 30.1 Å².